The molecular formula is C13H22N2O. The fraction of sp³-hybridized carbons (Fsp3) is 0.692. The van der Waals surface area contributed by atoms with Crippen LogP contribution in [0, 0.1) is 5.41 Å². The standard InChI is InChI=1S/C13H22N2O/c1-9(2)11-7-12(10(3)16)15(14-11)8-13(4,5)6/h7,9H,8H2,1-6H3. The Labute approximate surface area is 97.8 Å². The molecule has 1 rings (SSSR count). The Bertz CT molecular complexity index is 383. The van der Waals surface area contributed by atoms with E-state index in [-0.39, 0.29) is 11.2 Å². The van der Waals surface area contributed by atoms with Gasteiger partial charge < -0.3 is 0 Å². The van der Waals surface area contributed by atoms with Crippen molar-refractivity contribution < 1.29 is 4.79 Å². The molecule has 0 aliphatic carbocycles. The van der Waals surface area contributed by atoms with E-state index in [9.17, 15) is 4.79 Å². The highest BCUT2D eigenvalue weighted by Gasteiger charge is 2.18. The summed E-state index contributed by atoms with van der Waals surface area (Å²) in [6.07, 6.45) is 0. The summed E-state index contributed by atoms with van der Waals surface area (Å²) in [7, 11) is 0. The zero-order valence-electron chi connectivity index (χ0n) is 11.2. The molecule has 3 nitrogen and oxygen atoms in total. The highest BCUT2D eigenvalue weighted by atomic mass is 16.1. The molecule has 0 fully saturated rings. The molecule has 0 bridgehead atoms. The fourth-order valence-corrected chi connectivity index (χ4v) is 1.57. The summed E-state index contributed by atoms with van der Waals surface area (Å²) in [5.41, 5.74) is 1.85. The Morgan fingerprint density at radius 2 is 2.00 bits per heavy atom. The molecule has 0 spiro atoms. The van der Waals surface area contributed by atoms with E-state index in [1.165, 1.54) is 0 Å². The minimum atomic E-state index is 0.0867. The molecule has 0 aliphatic heterocycles. The lowest BCUT2D eigenvalue weighted by Crippen LogP contribution is -2.19. The van der Waals surface area contributed by atoms with Crippen LogP contribution >= 0.6 is 0 Å². The van der Waals surface area contributed by atoms with Gasteiger partial charge in [0.15, 0.2) is 5.78 Å². The summed E-state index contributed by atoms with van der Waals surface area (Å²) in [6, 6.07) is 1.92. The van der Waals surface area contributed by atoms with Gasteiger partial charge in [0.1, 0.15) is 5.69 Å². The van der Waals surface area contributed by atoms with Crippen molar-refractivity contribution in [2.75, 3.05) is 0 Å². The van der Waals surface area contributed by atoms with Gasteiger partial charge in [0.25, 0.3) is 0 Å². The van der Waals surface area contributed by atoms with Crippen LogP contribution in [-0.2, 0) is 6.54 Å². The molecular weight excluding hydrogens is 200 g/mol. The van der Waals surface area contributed by atoms with Crippen molar-refractivity contribution in [3.05, 3.63) is 17.5 Å². The molecule has 0 unspecified atom stereocenters. The van der Waals surface area contributed by atoms with Crippen LogP contribution in [0.3, 0.4) is 0 Å². The van der Waals surface area contributed by atoms with E-state index in [0.717, 1.165) is 17.9 Å². The number of aromatic nitrogens is 2. The summed E-state index contributed by atoms with van der Waals surface area (Å²) in [5.74, 6) is 0.447. The molecule has 0 aliphatic rings. The lowest BCUT2D eigenvalue weighted by molar-refractivity contribution is 0.100. The van der Waals surface area contributed by atoms with Gasteiger partial charge in [-0.3, -0.25) is 9.48 Å². The van der Waals surface area contributed by atoms with Crippen molar-refractivity contribution in [1.82, 2.24) is 9.78 Å². The fourth-order valence-electron chi connectivity index (χ4n) is 1.57. The number of carbonyl (C=O) groups excluding carboxylic acids is 1. The van der Waals surface area contributed by atoms with E-state index >= 15 is 0 Å². The van der Waals surface area contributed by atoms with Gasteiger partial charge in [0.2, 0.25) is 0 Å². The van der Waals surface area contributed by atoms with E-state index < -0.39 is 0 Å². The predicted molar refractivity (Wildman–Crippen MR) is 65.8 cm³/mol. The van der Waals surface area contributed by atoms with Gasteiger partial charge in [0, 0.05) is 13.5 Å². The van der Waals surface area contributed by atoms with Crippen molar-refractivity contribution in [2.45, 2.75) is 54.0 Å². The highest BCUT2D eigenvalue weighted by molar-refractivity contribution is 5.92. The monoisotopic (exact) mass is 222 g/mol. The molecule has 90 valence electrons. The van der Waals surface area contributed by atoms with E-state index in [1.54, 1.807) is 6.92 Å². The third kappa shape index (κ3) is 3.19. The molecule has 0 radical (unpaired) electrons. The van der Waals surface area contributed by atoms with E-state index in [0.29, 0.717) is 5.92 Å². The third-order valence-electron chi connectivity index (χ3n) is 2.38. The third-order valence-corrected chi connectivity index (χ3v) is 2.38. The van der Waals surface area contributed by atoms with Crippen LogP contribution in [0.2, 0.25) is 0 Å². The summed E-state index contributed by atoms with van der Waals surface area (Å²) in [6.45, 7) is 13.0. The Morgan fingerprint density at radius 3 is 2.38 bits per heavy atom. The van der Waals surface area contributed by atoms with E-state index in [1.807, 2.05) is 10.7 Å². The number of ketones is 1. The zero-order chi connectivity index (χ0) is 12.5. The van der Waals surface area contributed by atoms with Crippen LogP contribution in [0.4, 0.5) is 0 Å². The summed E-state index contributed by atoms with van der Waals surface area (Å²) in [4.78, 5) is 11.5. The van der Waals surface area contributed by atoms with Crippen LogP contribution < -0.4 is 0 Å². The van der Waals surface area contributed by atoms with E-state index in [4.69, 9.17) is 0 Å². The van der Waals surface area contributed by atoms with Gasteiger partial charge in [0.05, 0.1) is 5.69 Å². The first kappa shape index (κ1) is 12.9. The molecule has 0 saturated heterocycles. The zero-order valence-corrected chi connectivity index (χ0v) is 11.2. The second-order valence-corrected chi connectivity index (χ2v) is 5.88. The highest BCUT2D eigenvalue weighted by Crippen LogP contribution is 2.20. The minimum Gasteiger partial charge on any atom is -0.293 e. The molecule has 0 N–H and O–H groups in total. The van der Waals surface area contributed by atoms with Gasteiger partial charge >= 0.3 is 0 Å². The van der Waals surface area contributed by atoms with Gasteiger partial charge in [-0.05, 0) is 17.4 Å². The molecule has 16 heavy (non-hydrogen) atoms. The first-order chi connectivity index (χ1) is 7.20. The first-order valence-electron chi connectivity index (χ1n) is 5.79. The maximum absolute atomic E-state index is 11.5. The molecule has 1 heterocycles. The molecule has 0 saturated carbocycles. The van der Waals surface area contributed by atoms with Gasteiger partial charge in [-0.1, -0.05) is 34.6 Å². The van der Waals surface area contributed by atoms with Crippen molar-refractivity contribution in [2.24, 2.45) is 5.41 Å². The second kappa shape index (κ2) is 4.40. The Morgan fingerprint density at radius 1 is 1.44 bits per heavy atom. The number of Topliss-reactive ketones (excluding diaryl/α,β-unsaturated/α-hetero) is 1. The average molecular weight is 222 g/mol. The van der Waals surface area contributed by atoms with E-state index in [2.05, 4.69) is 39.7 Å². The number of rotatable bonds is 3. The van der Waals surface area contributed by atoms with Crippen molar-refractivity contribution in [3.63, 3.8) is 0 Å². The quantitative estimate of drug-likeness (QED) is 0.736. The maximum Gasteiger partial charge on any atom is 0.177 e. The Hall–Kier alpha value is -1.12. The average Bonchev–Trinajstić information content (AvgIpc) is 2.44. The largest absolute Gasteiger partial charge is 0.293 e. The summed E-state index contributed by atoms with van der Waals surface area (Å²) < 4.78 is 1.84. The number of nitrogens with zero attached hydrogens (tertiary/aromatic N) is 2. The molecule has 0 atom stereocenters. The van der Waals surface area contributed by atoms with Crippen molar-refractivity contribution in [1.29, 1.82) is 0 Å². The van der Waals surface area contributed by atoms with Crippen LogP contribution in [0.1, 0.15) is 63.6 Å². The molecule has 0 aromatic carbocycles. The van der Waals surface area contributed by atoms with Crippen LogP contribution in [0.5, 0.6) is 0 Å². The Kier molecular flexibility index (Phi) is 3.56. The minimum absolute atomic E-state index is 0.0867. The first-order valence-corrected chi connectivity index (χ1v) is 5.79. The van der Waals surface area contributed by atoms with Crippen molar-refractivity contribution in [3.8, 4) is 0 Å². The summed E-state index contributed by atoms with van der Waals surface area (Å²) in [5, 5.41) is 4.51. The molecule has 3 heteroatoms. The lowest BCUT2D eigenvalue weighted by Gasteiger charge is -2.19. The lowest BCUT2D eigenvalue weighted by atomic mass is 9.97. The molecule has 1 aromatic rings. The normalized spacial score (nSPS) is 12.2. The predicted octanol–water partition coefficient (Wildman–Crippen LogP) is 3.26. The summed E-state index contributed by atoms with van der Waals surface area (Å²) >= 11 is 0. The van der Waals surface area contributed by atoms with Gasteiger partial charge in [-0.25, -0.2) is 0 Å². The molecule has 0 amide bonds. The second-order valence-electron chi connectivity index (χ2n) is 5.88. The van der Waals surface area contributed by atoms with Gasteiger partial charge in [-0.2, -0.15) is 5.10 Å². The molecule has 1 aromatic heterocycles. The SMILES string of the molecule is CC(=O)c1cc(C(C)C)nn1CC(C)(C)C. The van der Waals surface area contributed by atoms with Crippen LogP contribution in [0.15, 0.2) is 6.07 Å². The maximum atomic E-state index is 11.5. The number of hydrogen-bond donors (Lipinski definition) is 0. The number of carbonyl (C=O) groups is 1. The van der Waals surface area contributed by atoms with Gasteiger partial charge in [-0.15, -0.1) is 0 Å². The smallest absolute Gasteiger partial charge is 0.177 e. The van der Waals surface area contributed by atoms with Crippen LogP contribution in [-0.4, -0.2) is 15.6 Å². The Balaban J connectivity index is 3.10. The van der Waals surface area contributed by atoms with Crippen LogP contribution in [0.25, 0.3) is 0 Å². The van der Waals surface area contributed by atoms with Crippen molar-refractivity contribution >= 4 is 5.78 Å². The topological polar surface area (TPSA) is 34.9 Å². The number of hydrogen-bond acceptors (Lipinski definition) is 2.